The standard InChI is InChI=1S/C14H10BrClN2/c1-9-3-2-4-10(8-17)14(9)18-13-6-5-11(15)7-12(13)16/h2-7,18H,1H3. The van der Waals surface area contributed by atoms with Crippen LogP contribution in [-0.4, -0.2) is 0 Å². The second-order valence-electron chi connectivity index (χ2n) is 3.86. The molecule has 2 nitrogen and oxygen atoms in total. The summed E-state index contributed by atoms with van der Waals surface area (Å²) in [6, 6.07) is 13.4. The van der Waals surface area contributed by atoms with E-state index in [1.54, 1.807) is 6.07 Å². The molecule has 0 aliphatic rings. The van der Waals surface area contributed by atoms with E-state index in [0.717, 1.165) is 21.4 Å². The number of rotatable bonds is 2. The minimum absolute atomic E-state index is 0.606. The van der Waals surface area contributed by atoms with Crippen LogP contribution in [0, 0.1) is 18.3 Å². The number of nitrogens with zero attached hydrogens (tertiary/aromatic N) is 1. The highest BCUT2D eigenvalue weighted by atomic mass is 79.9. The van der Waals surface area contributed by atoms with Crippen molar-refractivity contribution in [1.29, 1.82) is 5.26 Å². The van der Waals surface area contributed by atoms with Gasteiger partial charge in [-0.15, -0.1) is 0 Å². The number of nitriles is 1. The Morgan fingerprint density at radius 1 is 1.28 bits per heavy atom. The van der Waals surface area contributed by atoms with Crippen molar-refractivity contribution in [3.63, 3.8) is 0 Å². The van der Waals surface area contributed by atoms with Crippen molar-refractivity contribution in [2.45, 2.75) is 6.92 Å². The van der Waals surface area contributed by atoms with Gasteiger partial charge < -0.3 is 5.32 Å². The summed E-state index contributed by atoms with van der Waals surface area (Å²) in [6.07, 6.45) is 0. The molecule has 0 radical (unpaired) electrons. The molecule has 90 valence electrons. The number of anilines is 2. The number of hydrogen-bond acceptors (Lipinski definition) is 2. The number of nitrogens with one attached hydrogen (secondary N) is 1. The Bertz CT molecular complexity index is 632. The molecular formula is C14H10BrClN2. The average molecular weight is 322 g/mol. The highest BCUT2D eigenvalue weighted by molar-refractivity contribution is 9.10. The topological polar surface area (TPSA) is 35.8 Å². The van der Waals surface area contributed by atoms with Crippen LogP contribution in [0.5, 0.6) is 0 Å². The summed E-state index contributed by atoms with van der Waals surface area (Å²) >= 11 is 9.51. The maximum absolute atomic E-state index is 9.10. The second kappa shape index (κ2) is 5.43. The van der Waals surface area contributed by atoms with E-state index < -0.39 is 0 Å². The molecule has 0 atom stereocenters. The lowest BCUT2D eigenvalue weighted by molar-refractivity contribution is 1.39. The molecule has 0 spiro atoms. The molecule has 0 saturated heterocycles. The first-order valence-corrected chi connectivity index (χ1v) is 6.50. The van der Waals surface area contributed by atoms with E-state index in [4.69, 9.17) is 16.9 Å². The van der Waals surface area contributed by atoms with Gasteiger partial charge in [-0.1, -0.05) is 39.7 Å². The molecule has 0 bridgehead atoms. The predicted molar refractivity (Wildman–Crippen MR) is 78.3 cm³/mol. The van der Waals surface area contributed by atoms with Crippen LogP contribution < -0.4 is 5.32 Å². The van der Waals surface area contributed by atoms with E-state index in [1.807, 2.05) is 37.3 Å². The van der Waals surface area contributed by atoms with Crippen molar-refractivity contribution in [2.24, 2.45) is 0 Å². The molecule has 2 rings (SSSR count). The molecule has 0 heterocycles. The van der Waals surface area contributed by atoms with E-state index in [9.17, 15) is 0 Å². The Morgan fingerprint density at radius 2 is 2.06 bits per heavy atom. The van der Waals surface area contributed by atoms with Crippen LogP contribution in [-0.2, 0) is 0 Å². The quantitative estimate of drug-likeness (QED) is 0.842. The summed E-state index contributed by atoms with van der Waals surface area (Å²) in [4.78, 5) is 0. The summed E-state index contributed by atoms with van der Waals surface area (Å²) in [7, 11) is 0. The predicted octanol–water partition coefficient (Wildman–Crippen LogP) is 5.03. The van der Waals surface area contributed by atoms with Gasteiger partial charge in [0.2, 0.25) is 0 Å². The van der Waals surface area contributed by atoms with Crippen LogP contribution in [0.1, 0.15) is 11.1 Å². The third-order valence-corrected chi connectivity index (χ3v) is 3.39. The molecule has 0 amide bonds. The fraction of sp³-hybridized carbons (Fsp3) is 0.0714. The lowest BCUT2D eigenvalue weighted by Crippen LogP contribution is -1.97. The van der Waals surface area contributed by atoms with Crippen molar-refractivity contribution in [2.75, 3.05) is 5.32 Å². The zero-order chi connectivity index (χ0) is 13.1. The van der Waals surface area contributed by atoms with E-state index >= 15 is 0 Å². The van der Waals surface area contributed by atoms with Crippen molar-refractivity contribution < 1.29 is 0 Å². The smallest absolute Gasteiger partial charge is 0.101 e. The van der Waals surface area contributed by atoms with Crippen LogP contribution in [0.3, 0.4) is 0 Å². The van der Waals surface area contributed by atoms with Crippen molar-refractivity contribution in [1.82, 2.24) is 0 Å². The Balaban J connectivity index is 2.43. The molecule has 0 fully saturated rings. The number of para-hydroxylation sites is 1. The van der Waals surface area contributed by atoms with Gasteiger partial charge in [0, 0.05) is 4.47 Å². The maximum Gasteiger partial charge on any atom is 0.101 e. The van der Waals surface area contributed by atoms with Crippen molar-refractivity contribution in [3.8, 4) is 6.07 Å². The highest BCUT2D eigenvalue weighted by Crippen LogP contribution is 2.31. The van der Waals surface area contributed by atoms with E-state index in [1.165, 1.54) is 0 Å². The van der Waals surface area contributed by atoms with E-state index in [2.05, 4.69) is 27.3 Å². The number of halogens is 2. The molecule has 0 aliphatic heterocycles. The summed E-state index contributed by atoms with van der Waals surface area (Å²) in [5, 5.41) is 12.9. The fourth-order valence-electron chi connectivity index (χ4n) is 1.65. The number of aryl methyl sites for hydroxylation is 1. The lowest BCUT2D eigenvalue weighted by Gasteiger charge is -2.12. The minimum Gasteiger partial charge on any atom is -0.353 e. The summed E-state index contributed by atoms with van der Waals surface area (Å²) in [5.41, 5.74) is 3.19. The van der Waals surface area contributed by atoms with Gasteiger partial charge in [-0.05, 0) is 36.8 Å². The Hall–Kier alpha value is -1.50. The monoisotopic (exact) mass is 320 g/mol. The van der Waals surface area contributed by atoms with Gasteiger partial charge in [-0.3, -0.25) is 0 Å². The van der Waals surface area contributed by atoms with Crippen LogP contribution in [0.15, 0.2) is 40.9 Å². The van der Waals surface area contributed by atoms with E-state index in [0.29, 0.717) is 10.6 Å². The van der Waals surface area contributed by atoms with Crippen molar-refractivity contribution >= 4 is 38.9 Å². The molecule has 1 N–H and O–H groups in total. The van der Waals surface area contributed by atoms with E-state index in [-0.39, 0.29) is 0 Å². The van der Waals surface area contributed by atoms with Crippen LogP contribution in [0.25, 0.3) is 0 Å². The van der Waals surface area contributed by atoms with Crippen LogP contribution in [0.2, 0.25) is 5.02 Å². The summed E-state index contributed by atoms with van der Waals surface area (Å²) in [5.74, 6) is 0. The van der Waals surface area contributed by atoms with Crippen molar-refractivity contribution in [3.05, 3.63) is 57.0 Å². The van der Waals surface area contributed by atoms with Crippen LogP contribution in [0.4, 0.5) is 11.4 Å². The molecule has 18 heavy (non-hydrogen) atoms. The molecule has 4 heteroatoms. The zero-order valence-corrected chi connectivity index (χ0v) is 12.0. The molecule has 0 saturated carbocycles. The Kier molecular flexibility index (Phi) is 3.90. The van der Waals surface area contributed by atoms with Gasteiger partial charge in [-0.25, -0.2) is 0 Å². The summed E-state index contributed by atoms with van der Waals surface area (Å²) < 4.78 is 0.920. The molecular weight excluding hydrogens is 312 g/mol. The zero-order valence-electron chi connectivity index (χ0n) is 9.67. The normalized spacial score (nSPS) is 9.89. The average Bonchev–Trinajstić information content (AvgIpc) is 2.34. The lowest BCUT2D eigenvalue weighted by atomic mass is 10.1. The molecule has 0 unspecified atom stereocenters. The van der Waals surface area contributed by atoms with Gasteiger partial charge in [0.25, 0.3) is 0 Å². The Morgan fingerprint density at radius 3 is 2.72 bits per heavy atom. The maximum atomic E-state index is 9.10. The molecule has 0 aromatic heterocycles. The third-order valence-electron chi connectivity index (χ3n) is 2.58. The van der Waals surface area contributed by atoms with Gasteiger partial charge >= 0.3 is 0 Å². The molecule has 2 aromatic carbocycles. The molecule has 0 aliphatic carbocycles. The summed E-state index contributed by atoms with van der Waals surface area (Å²) in [6.45, 7) is 1.95. The third kappa shape index (κ3) is 2.66. The first-order valence-electron chi connectivity index (χ1n) is 5.33. The second-order valence-corrected chi connectivity index (χ2v) is 5.18. The van der Waals surface area contributed by atoms with Gasteiger partial charge in [-0.2, -0.15) is 5.26 Å². The largest absolute Gasteiger partial charge is 0.353 e. The van der Waals surface area contributed by atoms with Crippen LogP contribution >= 0.6 is 27.5 Å². The molecule has 2 aromatic rings. The van der Waals surface area contributed by atoms with Gasteiger partial charge in [0.05, 0.1) is 22.0 Å². The number of benzene rings is 2. The first kappa shape index (κ1) is 12.9. The minimum atomic E-state index is 0.606. The SMILES string of the molecule is Cc1cccc(C#N)c1Nc1ccc(Br)cc1Cl. The first-order chi connectivity index (χ1) is 8.61. The van der Waals surface area contributed by atoms with Gasteiger partial charge in [0.1, 0.15) is 6.07 Å². The number of hydrogen-bond donors (Lipinski definition) is 1. The Labute approximate surface area is 119 Å². The fourth-order valence-corrected chi connectivity index (χ4v) is 2.37. The highest BCUT2D eigenvalue weighted by Gasteiger charge is 2.07. The van der Waals surface area contributed by atoms with Gasteiger partial charge in [0.15, 0.2) is 0 Å².